The summed E-state index contributed by atoms with van der Waals surface area (Å²) in [6.07, 6.45) is 0. The summed E-state index contributed by atoms with van der Waals surface area (Å²) >= 11 is 1.59. The maximum atomic E-state index is 11.1. The zero-order chi connectivity index (χ0) is 17.8. The molecule has 0 saturated carbocycles. The highest BCUT2D eigenvalue weighted by Crippen LogP contribution is 2.39. The second kappa shape index (κ2) is 7.40. The molecule has 1 unspecified atom stereocenters. The Kier molecular flexibility index (Phi) is 5.04. The van der Waals surface area contributed by atoms with Gasteiger partial charge in [-0.3, -0.25) is 4.79 Å². The largest absolute Gasteiger partial charge is 0.508 e. The Morgan fingerprint density at radius 3 is 2.56 bits per heavy atom. The second-order valence-corrected chi connectivity index (χ2v) is 6.66. The van der Waals surface area contributed by atoms with Gasteiger partial charge in [0.25, 0.3) is 0 Å². The molecule has 0 aliphatic heterocycles. The van der Waals surface area contributed by atoms with Crippen molar-refractivity contribution >= 4 is 17.7 Å². The molecule has 0 bridgehead atoms. The molecule has 6 nitrogen and oxygen atoms in total. The smallest absolute Gasteiger partial charge is 0.248 e. The molecule has 1 aromatic heterocycles. The van der Waals surface area contributed by atoms with E-state index in [1.165, 1.54) is 0 Å². The molecule has 0 fully saturated rings. The van der Waals surface area contributed by atoms with E-state index in [0.29, 0.717) is 22.9 Å². The Morgan fingerprint density at radius 1 is 1.20 bits per heavy atom. The van der Waals surface area contributed by atoms with Crippen LogP contribution in [0, 0.1) is 0 Å². The Morgan fingerprint density at radius 2 is 1.92 bits per heavy atom. The molecule has 3 rings (SSSR count). The number of carbonyl (C=O) groups excluding carboxylic acids is 1. The fourth-order valence-electron chi connectivity index (χ4n) is 2.40. The van der Waals surface area contributed by atoms with Crippen LogP contribution in [0.2, 0.25) is 0 Å². The van der Waals surface area contributed by atoms with E-state index in [0.717, 1.165) is 11.3 Å². The van der Waals surface area contributed by atoms with Crippen molar-refractivity contribution in [1.29, 1.82) is 0 Å². The number of primary amides is 1. The van der Waals surface area contributed by atoms with Gasteiger partial charge in [0.05, 0.1) is 0 Å². The number of carbonyl (C=O) groups is 1. The molecule has 25 heavy (non-hydrogen) atoms. The minimum Gasteiger partial charge on any atom is -0.508 e. The van der Waals surface area contributed by atoms with Gasteiger partial charge in [-0.2, -0.15) is 0 Å². The minimum absolute atomic E-state index is 0.194. The fourth-order valence-corrected chi connectivity index (χ4v) is 3.35. The summed E-state index contributed by atoms with van der Waals surface area (Å²) in [5.74, 6) is 1.30. The van der Waals surface area contributed by atoms with Crippen LogP contribution in [0.3, 0.4) is 0 Å². The molecule has 7 heteroatoms. The number of nitrogens with two attached hydrogens (primary N) is 1. The number of aromatic hydroxyl groups is 1. The van der Waals surface area contributed by atoms with Crippen LogP contribution in [0.1, 0.15) is 34.0 Å². The first-order valence-electron chi connectivity index (χ1n) is 7.73. The highest BCUT2D eigenvalue weighted by Gasteiger charge is 2.23. The van der Waals surface area contributed by atoms with Crippen molar-refractivity contribution in [1.82, 2.24) is 10.2 Å². The highest BCUT2D eigenvalue weighted by molar-refractivity contribution is 7.99. The number of hydrogen-bond acceptors (Lipinski definition) is 6. The van der Waals surface area contributed by atoms with Crippen LogP contribution in [0.25, 0.3) is 11.5 Å². The summed E-state index contributed by atoms with van der Waals surface area (Å²) in [5, 5.41) is 18.1. The van der Waals surface area contributed by atoms with Crippen molar-refractivity contribution in [3.8, 4) is 17.2 Å². The van der Waals surface area contributed by atoms with Crippen molar-refractivity contribution in [3.63, 3.8) is 0 Å². The average molecular weight is 355 g/mol. The van der Waals surface area contributed by atoms with E-state index in [-0.39, 0.29) is 11.0 Å². The summed E-state index contributed by atoms with van der Waals surface area (Å²) in [6.45, 7) is 2.03. The fraction of sp³-hybridized carbons (Fsp3) is 0.167. The summed E-state index contributed by atoms with van der Waals surface area (Å²) in [7, 11) is 0. The van der Waals surface area contributed by atoms with Gasteiger partial charge in [0.1, 0.15) is 11.0 Å². The second-order valence-electron chi connectivity index (χ2n) is 5.28. The first-order valence-corrected chi connectivity index (χ1v) is 8.78. The number of phenolic OH excluding ortho intramolecular Hbond substituents is 1. The van der Waals surface area contributed by atoms with Gasteiger partial charge in [-0.1, -0.05) is 25.1 Å². The van der Waals surface area contributed by atoms with Crippen molar-refractivity contribution in [2.24, 2.45) is 5.73 Å². The SMILES string of the molecule is CCSC(c1nnc(-c2ccc(C(N)=O)cc2)o1)c1ccccc1O. The van der Waals surface area contributed by atoms with Crippen molar-refractivity contribution in [2.45, 2.75) is 12.2 Å². The lowest BCUT2D eigenvalue weighted by Gasteiger charge is -2.13. The molecular formula is C18H17N3O3S. The van der Waals surface area contributed by atoms with Crippen LogP contribution in [-0.4, -0.2) is 27.0 Å². The van der Waals surface area contributed by atoms with Crippen molar-refractivity contribution in [2.75, 3.05) is 5.75 Å². The monoisotopic (exact) mass is 355 g/mol. The van der Waals surface area contributed by atoms with Crippen molar-refractivity contribution in [3.05, 3.63) is 65.5 Å². The molecule has 0 spiro atoms. The lowest BCUT2D eigenvalue weighted by molar-refractivity contribution is 0.100. The number of benzene rings is 2. The van der Waals surface area contributed by atoms with Gasteiger partial charge in [0, 0.05) is 16.7 Å². The summed E-state index contributed by atoms with van der Waals surface area (Å²) in [5.41, 5.74) is 7.08. The molecule has 128 valence electrons. The Balaban J connectivity index is 1.92. The van der Waals surface area contributed by atoms with Crippen LogP contribution < -0.4 is 5.73 Å². The van der Waals surface area contributed by atoms with Crippen molar-refractivity contribution < 1.29 is 14.3 Å². The lowest BCUT2D eigenvalue weighted by Crippen LogP contribution is -2.10. The van der Waals surface area contributed by atoms with Gasteiger partial charge in [-0.25, -0.2) is 0 Å². The third kappa shape index (κ3) is 3.66. The number of phenols is 1. The normalized spacial score (nSPS) is 12.0. The number of nitrogens with zero attached hydrogens (tertiary/aromatic N) is 2. The molecule has 3 N–H and O–H groups in total. The predicted molar refractivity (Wildman–Crippen MR) is 96.3 cm³/mol. The van der Waals surface area contributed by atoms with Crippen LogP contribution >= 0.6 is 11.8 Å². The molecule has 1 heterocycles. The standard InChI is InChI=1S/C18H17N3O3S/c1-2-25-15(13-5-3-4-6-14(13)22)18-21-20-17(24-18)12-9-7-11(8-10-12)16(19)23/h3-10,15,22H,2H2,1H3,(H2,19,23). The van der Waals surface area contributed by atoms with Gasteiger partial charge >= 0.3 is 0 Å². The van der Waals surface area contributed by atoms with Crippen LogP contribution in [0.15, 0.2) is 52.9 Å². The topological polar surface area (TPSA) is 102 Å². The predicted octanol–water partition coefficient (Wildman–Crippen LogP) is 3.38. The number of rotatable bonds is 6. The van der Waals surface area contributed by atoms with Gasteiger partial charge in [0.2, 0.25) is 17.7 Å². The lowest BCUT2D eigenvalue weighted by atomic mass is 10.1. The highest BCUT2D eigenvalue weighted by atomic mass is 32.2. The Labute approximate surface area is 149 Å². The molecule has 0 saturated heterocycles. The van der Waals surface area contributed by atoms with E-state index >= 15 is 0 Å². The van der Waals surface area contributed by atoms with E-state index in [1.54, 1.807) is 48.2 Å². The molecule has 3 aromatic rings. The number of thioether (sulfide) groups is 1. The van der Waals surface area contributed by atoms with E-state index in [1.807, 2.05) is 19.1 Å². The minimum atomic E-state index is -0.489. The van der Waals surface area contributed by atoms with E-state index < -0.39 is 5.91 Å². The Hall–Kier alpha value is -2.80. The Bertz CT molecular complexity index is 877. The van der Waals surface area contributed by atoms with E-state index in [2.05, 4.69) is 10.2 Å². The first kappa shape index (κ1) is 17.0. The molecule has 1 amide bonds. The van der Waals surface area contributed by atoms with Gasteiger partial charge < -0.3 is 15.3 Å². The maximum absolute atomic E-state index is 11.1. The molecule has 0 aliphatic carbocycles. The van der Waals surface area contributed by atoms with Gasteiger partial charge in [0.15, 0.2) is 0 Å². The van der Waals surface area contributed by atoms with Crippen LogP contribution in [0.4, 0.5) is 0 Å². The molecule has 0 radical (unpaired) electrons. The number of hydrogen-bond donors (Lipinski definition) is 2. The van der Waals surface area contributed by atoms with Gasteiger partial charge in [-0.15, -0.1) is 22.0 Å². The molecular weight excluding hydrogens is 338 g/mol. The van der Waals surface area contributed by atoms with Crippen LogP contribution in [-0.2, 0) is 0 Å². The quantitative estimate of drug-likeness (QED) is 0.703. The number of amides is 1. The third-order valence-corrected chi connectivity index (χ3v) is 4.76. The number of aromatic nitrogens is 2. The van der Waals surface area contributed by atoms with Crippen LogP contribution in [0.5, 0.6) is 5.75 Å². The summed E-state index contributed by atoms with van der Waals surface area (Å²) in [4.78, 5) is 11.1. The third-order valence-electron chi connectivity index (χ3n) is 3.63. The van der Waals surface area contributed by atoms with Gasteiger partial charge in [-0.05, 0) is 36.1 Å². The average Bonchev–Trinajstić information content (AvgIpc) is 3.10. The first-order chi connectivity index (χ1) is 12.1. The molecule has 1 atom stereocenters. The maximum Gasteiger partial charge on any atom is 0.248 e. The number of para-hydroxylation sites is 1. The zero-order valence-corrected chi connectivity index (χ0v) is 14.4. The molecule has 2 aromatic carbocycles. The summed E-state index contributed by atoms with van der Waals surface area (Å²) < 4.78 is 5.82. The summed E-state index contributed by atoms with van der Waals surface area (Å²) in [6, 6.07) is 13.8. The van der Waals surface area contributed by atoms with E-state index in [9.17, 15) is 9.90 Å². The van der Waals surface area contributed by atoms with E-state index in [4.69, 9.17) is 10.2 Å². The molecule has 0 aliphatic rings. The zero-order valence-electron chi connectivity index (χ0n) is 13.5.